The summed E-state index contributed by atoms with van der Waals surface area (Å²) in [5.74, 6) is -0.241. The van der Waals surface area contributed by atoms with Gasteiger partial charge in [0, 0.05) is 30.1 Å². The van der Waals surface area contributed by atoms with Crippen molar-refractivity contribution < 1.29 is 9.13 Å². The molecule has 3 atom stereocenters. The van der Waals surface area contributed by atoms with Gasteiger partial charge in [-0.2, -0.15) is 0 Å². The lowest BCUT2D eigenvalue weighted by atomic mass is 10.0. The zero-order chi connectivity index (χ0) is 14.0. The summed E-state index contributed by atoms with van der Waals surface area (Å²) in [5.41, 5.74) is 6.97. The topological polar surface area (TPSA) is 38.5 Å². The molecule has 1 saturated heterocycles. The molecule has 1 aromatic rings. The number of rotatable bonds is 3. The summed E-state index contributed by atoms with van der Waals surface area (Å²) in [6, 6.07) is 4.87. The van der Waals surface area contributed by atoms with Gasteiger partial charge in [0.15, 0.2) is 0 Å². The predicted octanol–water partition coefficient (Wildman–Crippen LogP) is 2.70. The van der Waals surface area contributed by atoms with Crippen molar-refractivity contribution >= 4 is 15.9 Å². The third-order valence-electron chi connectivity index (χ3n) is 3.43. The predicted molar refractivity (Wildman–Crippen MR) is 77.5 cm³/mol. The molecule has 2 N–H and O–H groups in total. The molecule has 106 valence electrons. The molecule has 1 unspecified atom stereocenters. The fourth-order valence-corrected chi connectivity index (χ4v) is 3.33. The van der Waals surface area contributed by atoms with Gasteiger partial charge in [0.25, 0.3) is 0 Å². The van der Waals surface area contributed by atoms with Gasteiger partial charge in [0.2, 0.25) is 0 Å². The zero-order valence-corrected chi connectivity index (χ0v) is 12.9. The molecule has 0 aromatic heterocycles. The third kappa shape index (κ3) is 3.54. The molecule has 19 heavy (non-hydrogen) atoms. The van der Waals surface area contributed by atoms with Crippen LogP contribution in [0.25, 0.3) is 0 Å². The Morgan fingerprint density at radius 3 is 2.58 bits per heavy atom. The van der Waals surface area contributed by atoms with Crippen LogP contribution in [-0.4, -0.2) is 36.7 Å². The highest BCUT2D eigenvalue weighted by molar-refractivity contribution is 9.10. The first-order valence-electron chi connectivity index (χ1n) is 6.55. The highest BCUT2D eigenvalue weighted by atomic mass is 79.9. The lowest BCUT2D eigenvalue weighted by Crippen LogP contribution is -2.48. The molecule has 0 saturated carbocycles. The minimum Gasteiger partial charge on any atom is -0.373 e. The van der Waals surface area contributed by atoms with Gasteiger partial charge in [0.05, 0.1) is 12.2 Å². The molecular weight excluding hydrogens is 311 g/mol. The van der Waals surface area contributed by atoms with Gasteiger partial charge in [-0.1, -0.05) is 22.0 Å². The van der Waals surface area contributed by atoms with E-state index in [-0.39, 0.29) is 24.1 Å². The molecule has 0 spiro atoms. The Labute approximate surface area is 122 Å². The largest absolute Gasteiger partial charge is 0.373 e. The number of nitrogens with zero attached hydrogens (tertiary/aromatic N) is 1. The molecule has 3 nitrogen and oxygen atoms in total. The summed E-state index contributed by atoms with van der Waals surface area (Å²) >= 11 is 3.43. The molecule has 0 bridgehead atoms. The number of hydrogen-bond acceptors (Lipinski definition) is 3. The van der Waals surface area contributed by atoms with E-state index < -0.39 is 0 Å². The van der Waals surface area contributed by atoms with Gasteiger partial charge >= 0.3 is 0 Å². The molecule has 1 aliphatic rings. The fraction of sp³-hybridized carbons (Fsp3) is 0.571. The average molecular weight is 331 g/mol. The first-order valence-corrected chi connectivity index (χ1v) is 7.35. The molecular formula is C14H20BrFN2O. The molecule has 1 heterocycles. The van der Waals surface area contributed by atoms with Gasteiger partial charge in [0.1, 0.15) is 5.82 Å². The van der Waals surface area contributed by atoms with Gasteiger partial charge in [-0.05, 0) is 31.5 Å². The molecule has 1 aromatic carbocycles. The normalized spacial score (nSPS) is 26.4. The van der Waals surface area contributed by atoms with E-state index in [0.717, 1.165) is 23.1 Å². The van der Waals surface area contributed by atoms with Gasteiger partial charge in [-0.25, -0.2) is 4.39 Å². The number of morpholine rings is 1. The van der Waals surface area contributed by atoms with Gasteiger partial charge < -0.3 is 10.5 Å². The van der Waals surface area contributed by atoms with Crippen molar-refractivity contribution in [2.45, 2.75) is 32.1 Å². The van der Waals surface area contributed by atoms with Crippen molar-refractivity contribution in [2.75, 3.05) is 19.6 Å². The van der Waals surface area contributed by atoms with Crippen LogP contribution in [0.3, 0.4) is 0 Å². The monoisotopic (exact) mass is 330 g/mol. The average Bonchev–Trinajstić information content (AvgIpc) is 2.31. The summed E-state index contributed by atoms with van der Waals surface area (Å²) in [4.78, 5) is 2.32. The van der Waals surface area contributed by atoms with E-state index in [1.54, 1.807) is 0 Å². The summed E-state index contributed by atoms with van der Waals surface area (Å²) in [6.45, 7) is 6.32. The molecule has 0 amide bonds. The highest BCUT2D eigenvalue weighted by Gasteiger charge is 2.29. The van der Waals surface area contributed by atoms with E-state index in [2.05, 4.69) is 34.7 Å². The second-order valence-corrected chi connectivity index (χ2v) is 5.98. The van der Waals surface area contributed by atoms with Gasteiger partial charge in [-0.15, -0.1) is 0 Å². The van der Waals surface area contributed by atoms with Gasteiger partial charge in [-0.3, -0.25) is 4.90 Å². The van der Waals surface area contributed by atoms with Crippen LogP contribution in [0, 0.1) is 5.82 Å². The van der Waals surface area contributed by atoms with Crippen molar-refractivity contribution in [2.24, 2.45) is 5.73 Å². The SMILES string of the molecule is C[C@@H]1CN(C(CN)c2ccc(F)cc2Br)C[C@H](C)O1. The maximum atomic E-state index is 13.2. The van der Waals surface area contributed by atoms with Crippen molar-refractivity contribution in [3.63, 3.8) is 0 Å². The van der Waals surface area contributed by atoms with Crippen molar-refractivity contribution in [3.8, 4) is 0 Å². The molecule has 2 rings (SSSR count). The Balaban J connectivity index is 2.23. The van der Waals surface area contributed by atoms with E-state index in [4.69, 9.17) is 10.5 Å². The second-order valence-electron chi connectivity index (χ2n) is 5.13. The molecule has 0 radical (unpaired) electrons. The van der Waals surface area contributed by atoms with Crippen LogP contribution in [0.15, 0.2) is 22.7 Å². The van der Waals surface area contributed by atoms with Crippen molar-refractivity contribution in [3.05, 3.63) is 34.1 Å². The van der Waals surface area contributed by atoms with Crippen molar-refractivity contribution in [1.29, 1.82) is 0 Å². The Morgan fingerprint density at radius 2 is 2.05 bits per heavy atom. The molecule has 0 aliphatic carbocycles. The minimum absolute atomic E-state index is 0.0868. The maximum Gasteiger partial charge on any atom is 0.124 e. The number of nitrogens with two attached hydrogens (primary N) is 1. The van der Waals surface area contributed by atoms with Crippen LogP contribution in [0.2, 0.25) is 0 Å². The smallest absolute Gasteiger partial charge is 0.124 e. The minimum atomic E-state index is -0.241. The first kappa shape index (κ1) is 14.9. The lowest BCUT2D eigenvalue weighted by molar-refractivity contribution is -0.0800. The Bertz CT molecular complexity index is 433. The van der Waals surface area contributed by atoms with Crippen LogP contribution in [0.1, 0.15) is 25.5 Å². The Morgan fingerprint density at radius 1 is 1.42 bits per heavy atom. The second kappa shape index (κ2) is 6.31. The molecule has 5 heteroatoms. The van der Waals surface area contributed by atoms with E-state index in [0.29, 0.717) is 6.54 Å². The first-order chi connectivity index (χ1) is 9.01. The Hall–Kier alpha value is -0.490. The van der Waals surface area contributed by atoms with E-state index in [1.807, 2.05) is 6.07 Å². The van der Waals surface area contributed by atoms with E-state index in [9.17, 15) is 4.39 Å². The van der Waals surface area contributed by atoms with E-state index >= 15 is 0 Å². The number of halogens is 2. The summed E-state index contributed by atoms with van der Waals surface area (Å²) < 4.78 is 19.7. The van der Waals surface area contributed by atoms with Crippen LogP contribution < -0.4 is 5.73 Å². The summed E-state index contributed by atoms with van der Waals surface area (Å²) in [7, 11) is 0. The number of hydrogen-bond donors (Lipinski definition) is 1. The van der Waals surface area contributed by atoms with Crippen LogP contribution in [-0.2, 0) is 4.74 Å². The fourth-order valence-electron chi connectivity index (χ4n) is 2.72. The molecule has 1 fully saturated rings. The highest BCUT2D eigenvalue weighted by Crippen LogP contribution is 2.30. The van der Waals surface area contributed by atoms with Crippen LogP contribution in [0.5, 0.6) is 0 Å². The standard InChI is InChI=1S/C14H20BrFN2O/c1-9-7-18(8-10(2)19-9)14(6-17)12-4-3-11(16)5-13(12)15/h3-5,9-10,14H,6-8,17H2,1-2H3/t9-,10+,14?. The Kier molecular flexibility index (Phi) is 4.95. The third-order valence-corrected chi connectivity index (χ3v) is 4.12. The number of benzene rings is 1. The number of ether oxygens (including phenoxy) is 1. The molecule has 1 aliphatic heterocycles. The summed E-state index contributed by atoms with van der Waals surface area (Å²) in [5, 5.41) is 0. The van der Waals surface area contributed by atoms with Crippen LogP contribution >= 0.6 is 15.9 Å². The van der Waals surface area contributed by atoms with Crippen molar-refractivity contribution in [1.82, 2.24) is 4.90 Å². The zero-order valence-electron chi connectivity index (χ0n) is 11.3. The lowest BCUT2D eigenvalue weighted by Gasteiger charge is -2.40. The van der Waals surface area contributed by atoms with Crippen LogP contribution in [0.4, 0.5) is 4.39 Å². The maximum absolute atomic E-state index is 13.2. The quantitative estimate of drug-likeness (QED) is 0.926. The summed E-state index contributed by atoms with van der Waals surface area (Å²) in [6.07, 6.45) is 0.383. The van der Waals surface area contributed by atoms with E-state index in [1.165, 1.54) is 12.1 Å².